The second kappa shape index (κ2) is 7.72. The minimum absolute atomic E-state index is 0.344. The smallest absolute Gasteiger partial charge is 0.386 e. The molecular formula is C17H14F3NO3S3. The lowest BCUT2D eigenvalue weighted by Gasteiger charge is -2.12. The first-order valence-corrected chi connectivity index (χ1v) is 10.8. The predicted molar refractivity (Wildman–Crippen MR) is 99.2 cm³/mol. The number of hydrogen-bond donors (Lipinski definition) is 2. The molecule has 0 spiro atoms. The molecule has 0 aliphatic rings. The van der Waals surface area contributed by atoms with Crippen molar-refractivity contribution in [1.29, 1.82) is 0 Å². The van der Waals surface area contributed by atoms with Gasteiger partial charge in [-0.05, 0) is 41.8 Å². The van der Waals surface area contributed by atoms with E-state index >= 15 is 0 Å². The third-order valence-corrected chi connectivity index (χ3v) is 7.33. The molecule has 2 aromatic heterocycles. The van der Waals surface area contributed by atoms with E-state index in [1.165, 1.54) is 11.3 Å². The van der Waals surface area contributed by atoms with E-state index in [4.69, 9.17) is 0 Å². The molecule has 27 heavy (non-hydrogen) atoms. The van der Waals surface area contributed by atoms with Gasteiger partial charge in [0.25, 0.3) is 0 Å². The van der Waals surface area contributed by atoms with Gasteiger partial charge in [0.2, 0.25) is 10.0 Å². The first-order chi connectivity index (χ1) is 12.7. The average Bonchev–Trinajstić information content (AvgIpc) is 3.30. The summed E-state index contributed by atoms with van der Waals surface area (Å²) in [5.41, 5.74) is -1.05. The summed E-state index contributed by atoms with van der Waals surface area (Å²) >= 11 is 2.87. The fourth-order valence-corrected chi connectivity index (χ4v) is 5.21. The van der Waals surface area contributed by atoms with E-state index in [1.54, 1.807) is 17.4 Å². The maximum absolute atomic E-state index is 12.8. The Morgan fingerprint density at radius 1 is 1.07 bits per heavy atom. The van der Waals surface area contributed by atoms with Crippen LogP contribution in [0, 0.1) is 0 Å². The lowest BCUT2D eigenvalue weighted by molar-refractivity contribution is -0.137. The summed E-state index contributed by atoms with van der Waals surface area (Å²) in [6.45, 7) is -0.344. The third kappa shape index (κ3) is 4.77. The molecule has 2 heterocycles. The zero-order valence-electron chi connectivity index (χ0n) is 13.6. The topological polar surface area (TPSA) is 66.4 Å². The number of halogens is 3. The molecule has 0 aliphatic carbocycles. The van der Waals surface area contributed by atoms with Gasteiger partial charge in [0, 0.05) is 21.2 Å². The van der Waals surface area contributed by atoms with Crippen LogP contribution in [0.25, 0.3) is 9.75 Å². The number of thiophene rings is 2. The molecule has 0 fully saturated rings. The molecule has 0 amide bonds. The van der Waals surface area contributed by atoms with E-state index in [9.17, 15) is 26.7 Å². The molecule has 3 rings (SSSR count). The Labute approximate surface area is 162 Å². The zero-order chi connectivity index (χ0) is 19.7. The fraction of sp³-hybridized carbons (Fsp3) is 0.176. The van der Waals surface area contributed by atoms with Crippen LogP contribution < -0.4 is 4.72 Å². The molecule has 1 aromatic carbocycles. The van der Waals surface area contributed by atoms with E-state index in [2.05, 4.69) is 4.72 Å². The van der Waals surface area contributed by atoms with Crippen molar-refractivity contribution in [2.45, 2.75) is 17.2 Å². The van der Waals surface area contributed by atoms with Crippen molar-refractivity contribution in [1.82, 2.24) is 4.72 Å². The largest absolute Gasteiger partial charge is 0.416 e. The molecule has 0 unspecified atom stereocenters. The number of aliphatic hydroxyl groups excluding tert-OH is 1. The van der Waals surface area contributed by atoms with Crippen molar-refractivity contribution < 1.29 is 26.7 Å². The number of nitrogens with one attached hydrogen (secondary N) is 1. The molecule has 1 atom stereocenters. The third-order valence-electron chi connectivity index (χ3n) is 3.66. The number of hydrogen-bond acceptors (Lipinski definition) is 5. The number of rotatable bonds is 6. The fourth-order valence-electron chi connectivity index (χ4n) is 2.30. The van der Waals surface area contributed by atoms with Crippen LogP contribution in [0.2, 0.25) is 0 Å². The highest BCUT2D eigenvalue weighted by Crippen LogP contribution is 2.34. The normalized spacial score (nSPS) is 13.6. The molecular weight excluding hydrogens is 419 g/mol. The van der Waals surface area contributed by atoms with Gasteiger partial charge in [0.1, 0.15) is 6.10 Å². The van der Waals surface area contributed by atoms with Crippen molar-refractivity contribution in [2.75, 3.05) is 6.54 Å². The minimum Gasteiger partial charge on any atom is -0.386 e. The van der Waals surface area contributed by atoms with Crippen LogP contribution in [0.1, 0.15) is 16.5 Å². The standard InChI is InChI=1S/C17H14F3NO3S3/c18-17(19,20)11-3-1-4-12(9-11)27(23,24)21-10-13(22)14-6-7-16(26-14)15-5-2-8-25-15/h1-9,13,21-22H,10H2/t13-/m1/s1. The summed E-state index contributed by atoms with van der Waals surface area (Å²) in [5, 5.41) is 12.2. The van der Waals surface area contributed by atoms with Crippen LogP contribution in [0.5, 0.6) is 0 Å². The maximum Gasteiger partial charge on any atom is 0.416 e. The second-order valence-electron chi connectivity index (χ2n) is 5.57. The Morgan fingerprint density at radius 3 is 2.52 bits per heavy atom. The summed E-state index contributed by atoms with van der Waals surface area (Å²) in [4.78, 5) is 2.03. The summed E-state index contributed by atoms with van der Waals surface area (Å²) in [6.07, 6.45) is -5.75. The molecule has 0 saturated carbocycles. The summed E-state index contributed by atoms with van der Waals surface area (Å²) in [6, 6.07) is 10.8. The van der Waals surface area contributed by atoms with Crippen molar-refractivity contribution in [3.63, 3.8) is 0 Å². The van der Waals surface area contributed by atoms with Gasteiger partial charge in [-0.1, -0.05) is 12.1 Å². The first kappa shape index (κ1) is 20.0. The maximum atomic E-state index is 12.8. The van der Waals surface area contributed by atoms with Gasteiger partial charge in [-0.3, -0.25) is 0 Å². The monoisotopic (exact) mass is 433 g/mol. The van der Waals surface area contributed by atoms with Gasteiger partial charge < -0.3 is 5.11 Å². The first-order valence-electron chi connectivity index (χ1n) is 7.65. The van der Waals surface area contributed by atoms with Gasteiger partial charge in [-0.25, -0.2) is 13.1 Å². The molecule has 0 radical (unpaired) electrons. The van der Waals surface area contributed by atoms with E-state index in [0.717, 1.165) is 28.0 Å². The Kier molecular flexibility index (Phi) is 5.73. The van der Waals surface area contributed by atoms with Gasteiger partial charge in [-0.2, -0.15) is 13.2 Å². The van der Waals surface area contributed by atoms with Crippen LogP contribution in [0.3, 0.4) is 0 Å². The molecule has 0 saturated heterocycles. The summed E-state index contributed by atoms with van der Waals surface area (Å²) in [5.74, 6) is 0. The Balaban J connectivity index is 1.70. The highest BCUT2D eigenvalue weighted by atomic mass is 32.2. The Bertz CT molecular complexity index is 1010. The molecule has 3 aromatic rings. The highest BCUT2D eigenvalue weighted by Gasteiger charge is 2.31. The van der Waals surface area contributed by atoms with Crippen molar-refractivity contribution in [3.8, 4) is 9.75 Å². The van der Waals surface area contributed by atoms with Gasteiger partial charge >= 0.3 is 6.18 Å². The number of alkyl halides is 3. The number of sulfonamides is 1. The minimum atomic E-state index is -4.64. The van der Waals surface area contributed by atoms with E-state index < -0.39 is 32.8 Å². The van der Waals surface area contributed by atoms with Crippen LogP contribution in [0.4, 0.5) is 13.2 Å². The quantitative estimate of drug-likeness (QED) is 0.601. The molecule has 10 heteroatoms. The van der Waals surface area contributed by atoms with Crippen molar-refractivity contribution in [3.05, 3.63) is 64.4 Å². The van der Waals surface area contributed by atoms with Gasteiger partial charge in [0.05, 0.1) is 10.5 Å². The van der Waals surface area contributed by atoms with E-state index in [1.807, 2.05) is 23.6 Å². The second-order valence-corrected chi connectivity index (χ2v) is 9.40. The lowest BCUT2D eigenvalue weighted by atomic mass is 10.2. The summed E-state index contributed by atoms with van der Waals surface area (Å²) in [7, 11) is -4.19. The average molecular weight is 433 g/mol. The Hall–Kier alpha value is -1.72. The predicted octanol–water partition coefficient (Wildman–Crippen LogP) is 4.51. The number of benzene rings is 1. The molecule has 0 aliphatic heterocycles. The van der Waals surface area contributed by atoms with Crippen molar-refractivity contribution in [2.24, 2.45) is 0 Å². The highest BCUT2D eigenvalue weighted by molar-refractivity contribution is 7.89. The van der Waals surface area contributed by atoms with Crippen molar-refractivity contribution >= 4 is 32.7 Å². The lowest BCUT2D eigenvalue weighted by Crippen LogP contribution is -2.28. The summed E-state index contributed by atoms with van der Waals surface area (Å²) < 4.78 is 64.9. The molecule has 4 nitrogen and oxygen atoms in total. The SMILES string of the molecule is O=S(=O)(NC[C@@H](O)c1ccc(-c2cccs2)s1)c1cccc(C(F)(F)F)c1. The molecule has 2 N–H and O–H groups in total. The number of aliphatic hydroxyl groups is 1. The van der Waals surface area contributed by atoms with Crippen LogP contribution in [0.15, 0.2) is 58.8 Å². The Morgan fingerprint density at radius 2 is 1.85 bits per heavy atom. The van der Waals surface area contributed by atoms with Gasteiger partial charge in [-0.15, -0.1) is 22.7 Å². The molecule has 0 bridgehead atoms. The van der Waals surface area contributed by atoms with Crippen LogP contribution in [-0.2, 0) is 16.2 Å². The van der Waals surface area contributed by atoms with Crippen LogP contribution in [-0.4, -0.2) is 20.1 Å². The van der Waals surface area contributed by atoms with E-state index in [-0.39, 0.29) is 6.54 Å². The van der Waals surface area contributed by atoms with Gasteiger partial charge in [0.15, 0.2) is 0 Å². The van der Waals surface area contributed by atoms with E-state index in [0.29, 0.717) is 10.9 Å². The molecule has 144 valence electrons. The zero-order valence-corrected chi connectivity index (χ0v) is 16.1. The van der Waals surface area contributed by atoms with Crippen LogP contribution >= 0.6 is 22.7 Å².